The maximum absolute atomic E-state index is 13.2. The van der Waals surface area contributed by atoms with E-state index in [9.17, 15) is 18.8 Å². The Morgan fingerprint density at radius 3 is 2.67 bits per heavy atom. The summed E-state index contributed by atoms with van der Waals surface area (Å²) >= 11 is 5.98. The number of methoxy groups -OCH3 is 1. The van der Waals surface area contributed by atoms with Gasteiger partial charge in [-0.2, -0.15) is 0 Å². The van der Waals surface area contributed by atoms with Crippen molar-refractivity contribution < 1.29 is 23.5 Å². The molecule has 10 heteroatoms. The summed E-state index contributed by atoms with van der Waals surface area (Å²) in [6.07, 6.45) is 4.45. The fraction of sp³-hybridized carbons (Fsp3) is 0.478. The molecule has 1 fully saturated rings. The number of ether oxygens (including phenoxy) is 1. The second-order valence-electron chi connectivity index (χ2n) is 8.27. The number of amides is 2. The van der Waals surface area contributed by atoms with Gasteiger partial charge in [-0.3, -0.25) is 14.4 Å². The van der Waals surface area contributed by atoms with Crippen LogP contribution in [0.4, 0.5) is 10.1 Å². The van der Waals surface area contributed by atoms with E-state index in [-0.39, 0.29) is 58.5 Å². The van der Waals surface area contributed by atoms with E-state index in [0.29, 0.717) is 37.8 Å². The average molecular weight is 479 g/mol. The number of ketones is 1. The van der Waals surface area contributed by atoms with E-state index in [1.54, 1.807) is 7.11 Å². The van der Waals surface area contributed by atoms with Crippen LogP contribution >= 0.6 is 11.6 Å². The van der Waals surface area contributed by atoms with E-state index >= 15 is 0 Å². The zero-order valence-electron chi connectivity index (χ0n) is 18.6. The molecule has 3 rings (SSSR count). The van der Waals surface area contributed by atoms with Crippen molar-refractivity contribution in [3.63, 3.8) is 0 Å². The molecule has 0 radical (unpaired) electrons. The van der Waals surface area contributed by atoms with E-state index in [0.717, 1.165) is 6.07 Å². The largest absolute Gasteiger partial charge is 0.382 e. The minimum Gasteiger partial charge on any atom is -0.382 e. The summed E-state index contributed by atoms with van der Waals surface area (Å²) in [6, 6.07) is 3.70. The highest BCUT2D eigenvalue weighted by Crippen LogP contribution is 2.28. The van der Waals surface area contributed by atoms with Crippen LogP contribution in [0.3, 0.4) is 0 Å². The molecule has 0 aliphatic heterocycles. The number of nitrogens with one attached hydrogen (secondary N) is 3. The fourth-order valence-corrected chi connectivity index (χ4v) is 4.05. The average Bonchev–Trinajstić information content (AvgIpc) is 3.30. The molecule has 1 unspecified atom stereocenters. The van der Waals surface area contributed by atoms with Gasteiger partial charge in [0.15, 0.2) is 5.78 Å². The first-order chi connectivity index (χ1) is 15.8. The van der Waals surface area contributed by atoms with Gasteiger partial charge in [-0.15, -0.1) is 0 Å². The van der Waals surface area contributed by atoms with Crippen LogP contribution in [0.15, 0.2) is 24.5 Å². The molecular formula is C23H28ClFN4O4. The number of nitrogens with zero attached hydrogens (tertiary/aromatic N) is 1. The Balaban J connectivity index is 1.50. The van der Waals surface area contributed by atoms with Gasteiger partial charge in [0.2, 0.25) is 5.91 Å². The van der Waals surface area contributed by atoms with Crippen molar-refractivity contribution in [1.29, 1.82) is 0 Å². The molecule has 2 amide bonds. The Hall–Kier alpha value is -2.78. The molecule has 1 aromatic heterocycles. The minimum absolute atomic E-state index is 0.0587. The molecular weight excluding hydrogens is 451 g/mol. The van der Waals surface area contributed by atoms with Gasteiger partial charge in [0.1, 0.15) is 17.2 Å². The minimum atomic E-state index is -0.471. The second-order valence-corrected chi connectivity index (χ2v) is 8.68. The van der Waals surface area contributed by atoms with Crippen molar-refractivity contribution in [2.45, 2.75) is 57.6 Å². The van der Waals surface area contributed by atoms with E-state index in [4.69, 9.17) is 16.3 Å². The van der Waals surface area contributed by atoms with Crippen molar-refractivity contribution in [3.05, 3.63) is 46.8 Å². The first-order valence-electron chi connectivity index (χ1n) is 10.9. The van der Waals surface area contributed by atoms with Crippen LogP contribution in [0, 0.1) is 11.7 Å². The number of halogens is 2. The van der Waals surface area contributed by atoms with Crippen molar-refractivity contribution in [1.82, 2.24) is 15.3 Å². The Morgan fingerprint density at radius 1 is 1.27 bits per heavy atom. The Morgan fingerprint density at radius 2 is 2.00 bits per heavy atom. The summed E-state index contributed by atoms with van der Waals surface area (Å²) in [5.74, 6) is -1.49. The van der Waals surface area contributed by atoms with Gasteiger partial charge >= 0.3 is 0 Å². The van der Waals surface area contributed by atoms with Crippen LogP contribution in [-0.2, 0) is 9.53 Å². The number of imidazole rings is 1. The molecule has 1 heterocycles. The maximum atomic E-state index is 13.2. The summed E-state index contributed by atoms with van der Waals surface area (Å²) in [5.41, 5.74) is 0.644. The SMILES string of the molecule is COC(C)CCC(=O)c1nc[nH]c1C(=O)NC1CCC(C(=O)Nc2ccc(F)cc2Cl)CC1. The zero-order chi connectivity index (χ0) is 24.0. The highest BCUT2D eigenvalue weighted by molar-refractivity contribution is 6.33. The number of carbonyl (C=O) groups excluding carboxylic acids is 3. The Labute approximate surface area is 196 Å². The molecule has 1 aliphatic rings. The molecule has 1 aromatic carbocycles. The number of aromatic amines is 1. The van der Waals surface area contributed by atoms with Gasteiger partial charge in [0.25, 0.3) is 5.91 Å². The number of rotatable bonds is 9. The van der Waals surface area contributed by atoms with E-state index in [1.165, 1.54) is 18.5 Å². The molecule has 3 N–H and O–H groups in total. The van der Waals surface area contributed by atoms with Crippen molar-refractivity contribution >= 4 is 34.9 Å². The van der Waals surface area contributed by atoms with Crippen molar-refractivity contribution in [2.75, 3.05) is 12.4 Å². The number of aromatic nitrogens is 2. The number of H-pyrrole nitrogens is 1. The van der Waals surface area contributed by atoms with E-state index in [1.807, 2.05) is 6.92 Å². The highest BCUT2D eigenvalue weighted by Gasteiger charge is 2.29. The molecule has 1 atom stereocenters. The van der Waals surface area contributed by atoms with Gasteiger partial charge in [-0.25, -0.2) is 9.37 Å². The first kappa shape index (κ1) is 24.9. The normalized spacial score (nSPS) is 19.0. The molecule has 0 spiro atoms. The summed E-state index contributed by atoms with van der Waals surface area (Å²) in [5, 5.41) is 5.82. The van der Waals surface area contributed by atoms with Gasteiger partial charge in [-0.1, -0.05) is 11.6 Å². The number of anilines is 1. The van der Waals surface area contributed by atoms with Gasteiger partial charge < -0.3 is 20.4 Å². The number of hydrogen-bond acceptors (Lipinski definition) is 5. The predicted molar refractivity (Wildman–Crippen MR) is 122 cm³/mol. The van der Waals surface area contributed by atoms with Crippen LogP contribution in [-0.4, -0.2) is 46.8 Å². The lowest BCUT2D eigenvalue weighted by Gasteiger charge is -2.28. The summed E-state index contributed by atoms with van der Waals surface area (Å²) in [7, 11) is 1.58. The first-order valence-corrected chi connectivity index (χ1v) is 11.3. The molecule has 8 nitrogen and oxygen atoms in total. The Bertz CT molecular complexity index is 1000. The maximum Gasteiger partial charge on any atom is 0.270 e. The second kappa shape index (κ2) is 11.4. The topological polar surface area (TPSA) is 113 Å². The lowest BCUT2D eigenvalue weighted by atomic mass is 9.85. The third kappa shape index (κ3) is 6.61. The van der Waals surface area contributed by atoms with E-state index < -0.39 is 5.82 Å². The third-order valence-corrected chi connectivity index (χ3v) is 6.25. The number of hydrogen-bond donors (Lipinski definition) is 3. The number of benzene rings is 1. The molecule has 33 heavy (non-hydrogen) atoms. The molecule has 0 bridgehead atoms. The van der Waals surface area contributed by atoms with Gasteiger partial charge in [0.05, 0.1) is 23.1 Å². The lowest BCUT2D eigenvalue weighted by Crippen LogP contribution is -2.40. The molecule has 0 saturated heterocycles. The van der Waals surface area contributed by atoms with Crippen molar-refractivity contribution in [3.8, 4) is 0 Å². The third-order valence-electron chi connectivity index (χ3n) is 5.93. The monoisotopic (exact) mass is 478 g/mol. The molecule has 1 aliphatic carbocycles. The van der Waals surface area contributed by atoms with Gasteiger partial charge in [-0.05, 0) is 57.2 Å². The predicted octanol–water partition coefficient (Wildman–Crippen LogP) is 4.13. The van der Waals surface area contributed by atoms with Crippen LogP contribution in [0.2, 0.25) is 5.02 Å². The van der Waals surface area contributed by atoms with Crippen molar-refractivity contribution in [2.24, 2.45) is 5.92 Å². The van der Waals surface area contributed by atoms with Crippen LogP contribution in [0.1, 0.15) is 66.4 Å². The van der Waals surface area contributed by atoms with E-state index in [2.05, 4.69) is 20.6 Å². The fourth-order valence-electron chi connectivity index (χ4n) is 3.83. The Kier molecular flexibility index (Phi) is 8.57. The standard InChI is InChI=1S/C23H28ClFN4O4/c1-13(33-2)3-10-19(30)20-21(27-12-26-20)23(32)28-16-7-4-14(5-8-16)22(31)29-18-9-6-15(25)11-17(18)24/h6,9,11-14,16H,3-5,7-8,10H2,1-2H3,(H,26,27)(H,28,32)(H,29,31). The summed E-state index contributed by atoms with van der Waals surface area (Å²) in [4.78, 5) is 44.5. The van der Waals surface area contributed by atoms with Crippen LogP contribution < -0.4 is 10.6 Å². The number of Topliss-reactive ketones (excluding diaryl/α,β-unsaturated/α-hetero) is 1. The molecule has 2 aromatic rings. The van der Waals surface area contributed by atoms with Crippen LogP contribution in [0.25, 0.3) is 0 Å². The van der Waals surface area contributed by atoms with Gasteiger partial charge in [0, 0.05) is 25.5 Å². The summed E-state index contributed by atoms with van der Waals surface area (Å²) < 4.78 is 18.3. The van der Waals surface area contributed by atoms with Crippen LogP contribution in [0.5, 0.6) is 0 Å². The lowest BCUT2D eigenvalue weighted by molar-refractivity contribution is -0.120. The zero-order valence-corrected chi connectivity index (χ0v) is 19.4. The quantitative estimate of drug-likeness (QED) is 0.469. The highest BCUT2D eigenvalue weighted by atomic mass is 35.5. The smallest absolute Gasteiger partial charge is 0.270 e. The number of carbonyl (C=O) groups is 3. The molecule has 1 saturated carbocycles. The molecule has 178 valence electrons. The summed E-state index contributed by atoms with van der Waals surface area (Å²) in [6.45, 7) is 1.87.